The number of hydrogen-bond donors (Lipinski definition) is 3. The lowest BCUT2D eigenvalue weighted by atomic mass is 10.1. The van der Waals surface area contributed by atoms with Crippen LogP contribution < -0.4 is 5.32 Å². The molecule has 4 nitrogen and oxygen atoms in total. The summed E-state index contributed by atoms with van der Waals surface area (Å²) < 4.78 is 0. The molecule has 20 heavy (non-hydrogen) atoms. The van der Waals surface area contributed by atoms with Crippen molar-refractivity contribution in [2.45, 2.75) is 26.6 Å². The molecule has 0 atom stereocenters. The predicted octanol–water partition coefficient (Wildman–Crippen LogP) is 2.53. The summed E-state index contributed by atoms with van der Waals surface area (Å²) in [6.45, 7) is 2.68. The normalized spacial score (nSPS) is 10.8. The van der Waals surface area contributed by atoms with Gasteiger partial charge in [-0.1, -0.05) is 23.7 Å². The van der Waals surface area contributed by atoms with Gasteiger partial charge in [0.15, 0.2) is 0 Å². The van der Waals surface area contributed by atoms with Crippen molar-refractivity contribution < 1.29 is 10.2 Å². The van der Waals surface area contributed by atoms with Crippen LogP contribution in [0.25, 0.3) is 0 Å². The quantitative estimate of drug-likeness (QED) is 0.792. The third-order valence-electron chi connectivity index (χ3n) is 3.12. The number of aliphatic hydroxyl groups excluding tert-OH is 1. The molecule has 0 radical (unpaired) electrons. The van der Waals surface area contributed by atoms with E-state index in [2.05, 4.69) is 10.3 Å². The van der Waals surface area contributed by atoms with Gasteiger partial charge in [0.2, 0.25) is 0 Å². The zero-order chi connectivity index (χ0) is 14.5. The monoisotopic (exact) mass is 292 g/mol. The van der Waals surface area contributed by atoms with E-state index in [9.17, 15) is 10.2 Å². The van der Waals surface area contributed by atoms with Gasteiger partial charge in [0.05, 0.1) is 12.3 Å². The summed E-state index contributed by atoms with van der Waals surface area (Å²) in [5.41, 5.74) is 2.93. The first kappa shape index (κ1) is 14.8. The number of aromatic nitrogens is 1. The Kier molecular flexibility index (Phi) is 4.95. The van der Waals surface area contributed by atoms with E-state index < -0.39 is 0 Å². The number of aryl methyl sites for hydroxylation is 1. The van der Waals surface area contributed by atoms with Crippen molar-refractivity contribution in [2.24, 2.45) is 0 Å². The molecule has 0 aliphatic carbocycles. The molecule has 106 valence electrons. The molecule has 0 unspecified atom stereocenters. The maximum absolute atomic E-state index is 10.0. The number of nitrogens with zero attached hydrogens (tertiary/aromatic N) is 1. The van der Waals surface area contributed by atoms with Crippen LogP contribution in [0.5, 0.6) is 5.75 Å². The highest BCUT2D eigenvalue weighted by Crippen LogP contribution is 2.23. The van der Waals surface area contributed by atoms with E-state index in [1.165, 1.54) is 0 Å². The fourth-order valence-electron chi connectivity index (χ4n) is 2.00. The van der Waals surface area contributed by atoms with Crippen LogP contribution in [0.3, 0.4) is 0 Å². The number of aliphatic hydroxyl groups is 1. The average Bonchev–Trinajstić information content (AvgIpc) is 2.44. The van der Waals surface area contributed by atoms with E-state index in [1.807, 2.05) is 24.3 Å². The number of hydrogen-bond acceptors (Lipinski definition) is 4. The topological polar surface area (TPSA) is 65.4 Å². The van der Waals surface area contributed by atoms with Crippen LogP contribution >= 0.6 is 11.6 Å². The molecule has 2 rings (SSSR count). The molecule has 0 spiro atoms. The molecule has 1 aromatic heterocycles. The second kappa shape index (κ2) is 6.70. The van der Waals surface area contributed by atoms with Crippen LogP contribution in [-0.2, 0) is 19.7 Å². The maximum Gasteiger partial charge on any atom is 0.141 e. The van der Waals surface area contributed by atoms with E-state index >= 15 is 0 Å². The Morgan fingerprint density at radius 3 is 2.80 bits per heavy atom. The van der Waals surface area contributed by atoms with Crippen molar-refractivity contribution in [3.05, 3.63) is 57.9 Å². The van der Waals surface area contributed by atoms with Gasteiger partial charge in [0.25, 0.3) is 0 Å². The molecule has 0 aliphatic rings. The smallest absolute Gasteiger partial charge is 0.141 e. The Bertz CT molecular complexity index is 602. The van der Waals surface area contributed by atoms with Gasteiger partial charge in [-0.25, -0.2) is 0 Å². The van der Waals surface area contributed by atoms with Gasteiger partial charge in [-0.3, -0.25) is 4.98 Å². The number of benzene rings is 1. The maximum atomic E-state index is 10.0. The third-order valence-corrected chi connectivity index (χ3v) is 3.36. The fourth-order valence-corrected chi connectivity index (χ4v) is 2.21. The summed E-state index contributed by atoms with van der Waals surface area (Å²) in [5, 5.41) is 23.2. The molecule has 0 amide bonds. The zero-order valence-corrected chi connectivity index (χ0v) is 12.0. The number of pyridine rings is 1. The minimum atomic E-state index is -0.144. The number of rotatable bonds is 5. The van der Waals surface area contributed by atoms with Crippen LogP contribution in [0, 0.1) is 6.92 Å². The van der Waals surface area contributed by atoms with Gasteiger partial charge in [-0.15, -0.1) is 0 Å². The molecule has 0 saturated heterocycles. The second-order valence-electron chi connectivity index (χ2n) is 4.59. The summed E-state index contributed by atoms with van der Waals surface area (Å²) in [5.74, 6) is 0.134. The van der Waals surface area contributed by atoms with E-state index in [4.69, 9.17) is 11.6 Å². The minimum absolute atomic E-state index is 0.134. The number of halogens is 1. The number of aromatic hydroxyl groups is 1. The standard InChI is InChI=1S/C15H17ClN2O2/c1-10-15(20)14(12(9-19)7-18-10)8-17-6-11-3-2-4-13(16)5-11/h2-5,7,17,19-20H,6,8-9H2,1H3. The third kappa shape index (κ3) is 3.48. The fraction of sp³-hybridized carbons (Fsp3) is 0.267. The first-order valence-electron chi connectivity index (χ1n) is 6.34. The predicted molar refractivity (Wildman–Crippen MR) is 78.6 cm³/mol. The van der Waals surface area contributed by atoms with Crippen LogP contribution in [0.4, 0.5) is 0 Å². The molecule has 0 fully saturated rings. The Hall–Kier alpha value is -1.62. The van der Waals surface area contributed by atoms with Crippen LogP contribution in [0.2, 0.25) is 5.02 Å². The molecule has 0 saturated carbocycles. The summed E-state index contributed by atoms with van der Waals surface area (Å²) in [6.07, 6.45) is 1.59. The largest absolute Gasteiger partial charge is 0.506 e. The highest BCUT2D eigenvalue weighted by atomic mass is 35.5. The zero-order valence-electron chi connectivity index (χ0n) is 11.2. The molecule has 5 heteroatoms. The molecule has 0 bridgehead atoms. The summed E-state index contributed by atoms with van der Waals surface area (Å²) in [4.78, 5) is 4.03. The van der Waals surface area contributed by atoms with Crippen LogP contribution in [0.15, 0.2) is 30.5 Å². The van der Waals surface area contributed by atoms with Crippen molar-refractivity contribution in [3.63, 3.8) is 0 Å². The lowest BCUT2D eigenvalue weighted by molar-refractivity contribution is 0.278. The first-order valence-corrected chi connectivity index (χ1v) is 6.72. The van der Waals surface area contributed by atoms with Crippen LogP contribution in [0.1, 0.15) is 22.4 Å². The van der Waals surface area contributed by atoms with Gasteiger partial charge in [-0.2, -0.15) is 0 Å². The molecular formula is C15H17ClN2O2. The SMILES string of the molecule is Cc1ncc(CO)c(CNCc2cccc(Cl)c2)c1O. The van der Waals surface area contributed by atoms with Crippen molar-refractivity contribution in [1.29, 1.82) is 0 Å². The molecule has 0 aliphatic heterocycles. The Balaban J connectivity index is 2.06. The van der Waals surface area contributed by atoms with Crippen molar-refractivity contribution in [1.82, 2.24) is 10.3 Å². The van der Waals surface area contributed by atoms with E-state index in [0.29, 0.717) is 34.9 Å². The van der Waals surface area contributed by atoms with Gasteiger partial charge < -0.3 is 15.5 Å². The Morgan fingerprint density at radius 2 is 2.10 bits per heavy atom. The average molecular weight is 293 g/mol. The van der Waals surface area contributed by atoms with Gasteiger partial charge in [0, 0.05) is 35.4 Å². The molecule has 1 heterocycles. The van der Waals surface area contributed by atoms with Crippen molar-refractivity contribution in [2.75, 3.05) is 0 Å². The van der Waals surface area contributed by atoms with Crippen molar-refractivity contribution in [3.8, 4) is 5.75 Å². The molecular weight excluding hydrogens is 276 g/mol. The Labute approximate surface area is 123 Å². The summed E-state index contributed by atoms with van der Waals surface area (Å²) in [7, 11) is 0. The molecule has 2 aromatic rings. The number of nitrogens with one attached hydrogen (secondary N) is 1. The van der Waals surface area contributed by atoms with Gasteiger partial charge in [0.1, 0.15) is 5.75 Å². The summed E-state index contributed by atoms with van der Waals surface area (Å²) >= 11 is 5.93. The van der Waals surface area contributed by atoms with Gasteiger partial charge in [-0.05, 0) is 24.6 Å². The van der Waals surface area contributed by atoms with Crippen molar-refractivity contribution >= 4 is 11.6 Å². The van der Waals surface area contributed by atoms with E-state index in [1.54, 1.807) is 13.1 Å². The highest BCUT2D eigenvalue weighted by Gasteiger charge is 2.10. The van der Waals surface area contributed by atoms with E-state index in [0.717, 1.165) is 5.56 Å². The van der Waals surface area contributed by atoms with Gasteiger partial charge >= 0.3 is 0 Å². The summed E-state index contributed by atoms with van der Waals surface area (Å²) in [6, 6.07) is 7.59. The van der Waals surface area contributed by atoms with Crippen LogP contribution in [-0.4, -0.2) is 15.2 Å². The molecule has 1 aromatic carbocycles. The Morgan fingerprint density at radius 1 is 1.30 bits per heavy atom. The lowest BCUT2D eigenvalue weighted by Crippen LogP contribution is -2.15. The second-order valence-corrected chi connectivity index (χ2v) is 5.02. The highest BCUT2D eigenvalue weighted by molar-refractivity contribution is 6.30. The lowest BCUT2D eigenvalue weighted by Gasteiger charge is -2.12. The van der Waals surface area contributed by atoms with E-state index in [-0.39, 0.29) is 12.4 Å². The first-order chi connectivity index (χ1) is 9.61. The molecule has 3 N–H and O–H groups in total. The minimum Gasteiger partial charge on any atom is -0.506 e.